The fraction of sp³-hybridized carbons (Fsp3) is 0.227. The molecule has 1 aromatic carbocycles. The Morgan fingerprint density at radius 2 is 2.13 bits per heavy atom. The van der Waals surface area contributed by atoms with E-state index >= 15 is 0 Å². The molecule has 1 saturated heterocycles. The Morgan fingerprint density at radius 3 is 2.77 bits per heavy atom. The summed E-state index contributed by atoms with van der Waals surface area (Å²) in [5.74, 6) is -0.819. The molecular formula is C22H20FN5O3. The molecule has 1 aliphatic rings. The van der Waals surface area contributed by atoms with Crippen molar-refractivity contribution in [2.45, 2.75) is 26.2 Å². The van der Waals surface area contributed by atoms with E-state index in [1.807, 2.05) is 0 Å². The lowest BCUT2D eigenvalue weighted by atomic mass is 10.1. The van der Waals surface area contributed by atoms with Gasteiger partial charge in [-0.05, 0) is 43.7 Å². The first-order chi connectivity index (χ1) is 14.9. The van der Waals surface area contributed by atoms with Crippen molar-refractivity contribution in [3.63, 3.8) is 0 Å². The number of benzene rings is 1. The minimum atomic E-state index is -0.593. The van der Waals surface area contributed by atoms with Crippen LogP contribution in [0, 0.1) is 12.7 Å². The molecule has 9 heteroatoms. The fourth-order valence-corrected chi connectivity index (χ4v) is 3.53. The highest BCUT2D eigenvalue weighted by Crippen LogP contribution is 2.27. The summed E-state index contributed by atoms with van der Waals surface area (Å²) < 4.78 is 14.5. The zero-order valence-electron chi connectivity index (χ0n) is 16.8. The standard InChI is InChI=1S/C22H20FN5O3/c1-13-16(22(31)27-21(25-13)14-4-2-8-24-12-14)11-19(29)26-15-6-7-18(17(23)10-15)28-9-3-5-20(28)30/h2,4,6-8,10,12H,3,5,9,11H2,1H3,(H,26,29)(H,25,27,31). The summed E-state index contributed by atoms with van der Waals surface area (Å²) in [4.78, 5) is 49.2. The Balaban J connectivity index is 1.48. The van der Waals surface area contributed by atoms with Gasteiger partial charge in [0.05, 0.1) is 12.1 Å². The minimum absolute atomic E-state index is 0.118. The van der Waals surface area contributed by atoms with Gasteiger partial charge in [-0.3, -0.25) is 19.4 Å². The van der Waals surface area contributed by atoms with E-state index in [1.165, 1.54) is 23.1 Å². The normalized spacial score (nSPS) is 13.5. The molecule has 4 rings (SSSR count). The van der Waals surface area contributed by atoms with Crippen LogP contribution in [0.4, 0.5) is 15.8 Å². The summed E-state index contributed by atoms with van der Waals surface area (Å²) in [5, 5.41) is 2.59. The van der Waals surface area contributed by atoms with Crippen LogP contribution >= 0.6 is 0 Å². The van der Waals surface area contributed by atoms with Crippen molar-refractivity contribution in [1.82, 2.24) is 15.0 Å². The predicted octanol–water partition coefficient (Wildman–Crippen LogP) is 2.59. The second kappa shape index (κ2) is 8.47. The SMILES string of the molecule is Cc1nc(-c2cccnc2)[nH]c(=O)c1CC(=O)Nc1ccc(N2CCCC2=O)c(F)c1. The van der Waals surface area contributed by atoms with Crippen LogP contribution < -0.4 is 15.8 Å². The van der Waals surface area contributed by atoms with Gasteiger partial charge in [0.15, 0.2) is 0 Å². The molecule has 1 aliphatic heterocycles. The molecule has 2 aromatic heterocycles. The van der Waals surface area contributed by atoms with Crippen molar-refractivity contribution >= 4 is 23.2 Å². The molecule has 0 radical (unpaired) electrons. The van der Waals surface area contributed by atoms with Gasteiger partial charge in [0.1, 0.15) is 11.6 Å². The van der Waals surface area contributed by atoms with Crippen molar-refractivity contribution < 1.29 is 14.0 Å². The Labute approximate surface area is 177 Å². The lowest BCUT2D eigenvalue weighted by Crippen LogP contribution is -2.25. The van der Waals surface area contributed by atoms with Crippen molar-refractivity contribution in [2.24, 2.45) is 0 Å². The van der Waals surface area contributed by atoms with E-state index in [0.717, 1.165) is 0 Å². The number of hydrogen-bond acceptors (Lipinski definition) is 5. The summed E-state index contributed by atoms with van der Waals surface area (Å²) in [7, 11) is 0. The van der Waals surface area contributed by atoms with E-state index in [0.29, 0.717) is 36.5 Å². The predicted molar refractivity (Wildman–Crippen MR) is 113 cm³/mol. The molecule has 0 spiro atoms. The third kappa shape index (κ3) is 4.35. The Kier molecular flexibility index (Phi) is 5.57. The molecule has 8 nitrogen and oxygen atoms in total. The average Bonchev–Trinajstić information content (AvgIpc) is 3.17. The summed E-state index contributed by atoms with van der Waals surface area (Å²) >= 11 is 0. The molecule has 2 amide bonds. The van der Waals surface area contributed by atoms with Gasteiger partial charge in [-0.1, -0.05) is 0 Å². The summed E-state index contributed by atoms with van der Waals surface area (Å²) in [6.45, 7) is 2.13. The Hall–Kier alpha value is -3.88. The van der Waals surface area contributed by atoms with Gasteiger partial charge in [-0.15, -0.1) is 0 Å². The number of nitrogens with zero attached hydrogens (tertiary/aromatic N) is 3. The van der Waals surface area contributed by atoms with E-state index < -0.39 is 17.3 Å². The van der Waals surface area contributed by atoms with Gasteiger partial charge >= 0.3 is 0 Å². The van der Waals surface area contributed by atoms with Crippen LogP contribution in [-0.4, -0.2) is 33.3 Å². The number of hydrogen-bond donors (Lipinski definition) is 2. The Morgan fingerprint density at radius 1 is 1.29 bits per heavy atom. The average molecular weight is 421 g/mol. The molecule has 3 aromatic rings. The number of aryl methyl sites for hydroxylation is 1. The summed E-state index contributed by atoms with van der Waals surface area (Å²) in [6, 6.07) is 7.67. The van der Waals surface area contributed by atoms with Gasteiger partial charge in [0.2, 0.25) is 11.8 Å². The van der Waals surface area contributed by atoms with Gasteiger partial charge in [0.25, 0.3) is 5.56 Å². The number of H-pyrrole nitrogens is 1. The van der Waals surface area contributed by atoms with Crippen LogP contribution in [0.25, 0.3) is 11.4 Å². The summed E-state index contributed by atoms with van der Waals surface area (Å²) in [5.41, 5.74) is 1.33. The van der Waals surface area contributed by atoms with E-state index in [4.69, 9.17) is 0 Å². The van der Waals surface area contributed by atoms with Gasteiger partial charge < -0.3 is 15.2 Å². The van der Waals surface area contributed by atoms with Crippen LogP contribution in [0.1, 0.15) is 24.1 Å². The number of amides is 2. The Bertz CT molecular complexity index is 1210. The van der Waals surface area contributed by atoms with Crippen LogP contribution in [0.5, 0.6) is 0 Å². The largest absolute Gasteiger partial charge is 0.326 e. The van der Waals surface area contributed by atoms with Gasteiger partial charge in [0, 0.05) is 47.9 Å². The molecule has 158 valence electrons. The molecule has 31 heavy (non-hydrogen) atoms. The number of carbonyl (C=O) groups excluding carboxylic acids is 2. The third-order valence-electron chi connectivity index (χ3n) is 5.09. The van der Waals surface area contributed by atoms with Crippen molar-refractivity contribution in [2.75, 3.05) is 16.8 Å². The first-order valence-corrected chi connectivity index (χ1v) is 9.82. The lowest BCUT2D eigenvalue weighted by molar-refractivity contribution is -0.117. The number of halogens is 1. The van der Waals surface area contributed by atoms with Gasteiger partial charge in [-0.2, -0.15) is 0 Å². The molecular weight excluding hydrogens is 401 g/mol. The second-order valence-electron chi connectivity index (χ2n) is 7.26. The second-order valence-corrected chi connectivity index (χ2v) is 7.26. The molecule has 3 heterocycles. The smallest absolute Gasteiger partial charge is 0.255 e. The number of carbonyl (C=O) groups is 2. The van der Waals surface area contributed by atoms with Crippen molar-refractivity contribution in [1.29, 1.82) is 0 Å². The maximum atomic E-state index is 14.5. The van der Waals surface area contributed by atoms with Crippen molar-refractivity contribution in [3.8, 4) is 11.4 Å². The zero-order valence-corrected chi connectivity index (χ0v) is 16.8. The molecule has 0 atom stereocenters. The van der Waals surface area contributed by atoms with E-state index in [9.17, 15) is 18.8 Å². The molecule has 0 unspecified atom stereocenters. The lowest BCUT2D eigenvalue weighted by Gasteiger charge is -2.17. The highest BCUT2D eigenvalue weighted by molar-refractivity contribution is 5.96. The number of rotatable bonds is 5. The van der Waals surface area contributed by atoms with Crippen molar-refractivity contribution in [3.05, 3.63) is 70.2 Å². The van der Waals surface area contributed by atoms with Gasteiger partial charge in [-0.25, -0.2) is 9.37 Å². The molecule has 1 fully saturated rings. The zero-order chi connectivity index (χ0) is 22.0. The summed E-state index contributed by atoms with van der Waals surface area (Å²) in [6.07, 6.45) is 4.08. The maximum absolute atomic E-state index is 14.5. The van der Waals surface area contributed by atoms with E-state index in [1.54, 1.807) is 31.5 Å². The molecule has 0 bridgehead atoms. The van der Waals surface area contributed by atoms with Crippen LogP contribution in [0.3, 0.4) is 0 Å². The van der Waals surface area contributed by atoms with Crippen LogP contribution in [0.15, 0.2) is 47.5 Å². The topological polar surface area (TPSA) is 108 Å². The van der Waals surface area contributed by atoms with Crippen LogP contribution in [0.2, 0.25) is 0 Å². The monoisotopic (exact) mass is 421 g/mol. The van der Waals surface area contributed by atoms with Crippen LogP contribution in [-0.2, 0) is 16.0 Å². The van der Waals surface area contributed by atoms with E-state index in [2.05, 4.69) is 20.3 Å². The number of nitrogens with one attached hydrogen (secondary N) is 2. The minimum Gasteiger partial charge on any atom is -0.326 e. The number of anilines is 2. The fourth-order valence-electron chi connectivity index (χ4n) is 3.53. The first-order valence-electron chi connectivity index (χ1n) is 9.82. The number of aromatic amines is 1. The molecule has 0 aliphatic carbocycles. The molecule has 2 N–H and O–H groups in total. The first kappa shape index (κ1) is 20.4. The molecule has 0 saturated carbocycles. The number of aromatic nitrogens is 3. The van der Waals surface area contributed by atoms with E-state index in [-0.39, 0.29) is 29.3 Å². The quantitative estimate of drug-likeness (QED) is 0.658. The highest BCUT2D eigenvalue weighted by atomic mass is 19.1. The maximum Gasteiger partial charge on any atom is 0.255 e. The number of pyridine rings is 1. The highest BCUT2D eigenvalue weighted by Gasteiger charge is 2.24. The third-order valence-corrected chi connectivity index (χ3v) is 5.09.